The largest absolute Gasteiger partial charge is 0.310 e. The van der Waals surface area contributed by atoms with Gasteiger partial charge in [0.15, 0.2) is 0 Å². The minimum Gasteiger partial charge on any atom is -0.310 e. The van der Waals surface area contributed by atoms with Crippen molar-refractivity contribution in [3.8, 4) is 6.07 Å². The van der Waals surface area contributed by atoms with E-state index in [1.807, 2.05) is 11.8 Å². The molecule has 2 saturated carbocycles. The molecule has 0 aromatic heterocycles. The Morgan fingerprint density at radius 3 is 2.86 bits per heavy atom. The lowest BCUT2D eigenvalue weighted by Gasteiger charge is -2.26. The van der Waals surface area contributed by atoms with E-state index in [1.165, 1.54) is 49.0 Å². The highest BCUT2D eigenvalue weighted by Crippen LogP contribution is 2.37. The number of nitriles is 1. The van der Waals surface area contributed by atoms with Gasteiger partial charge in [0.2, 0.25) is 0 Å². The molecule has 0 aliphatic heterocycles. The van der Waals surface area contributed by atoms with Crippen molar-refractivity contribution in [3.63, 3.8) is 0 Å². The topological polar surface area (TPSA) is 35.8 Å². The Morgan fingerprint density at radius 1 is 1.29 bits per heavy atom. The molecule has 3 rings (SSSR count). The lowest BCUT2D eigenvalue weighted by Crippen LogP contribution is -2.16. The van der Waals surface area contributed by atoms with Gasteiger partial charge < -0.3 is 5.32 Å². The first-order chi connectivity index (χ1) is 10.2. The van der Waals surface area contributed by atoms with E-state index >= 15 is 0 Å². The zero-order chi connectivity index (χ0) is 14.7. The van der Waals surface area contributed by atoms with Gasteiger partial charge in [-0.1, -0.05) is 25.8 Å². The third-order valence-electron chi connectivity index (χ3n) is 4.52. The van der Waals surface area contributed by atoms with Gasteiger partial charge in [-0.3, -0.25) is 0 Å². The molecule has 0 amide bonds. The lowest BCUT2D eigenvalue weighted by molar-refractivity contribution is 0.394. The van der Waals surface area contributed by atoms with E-state index in [4.69, 9.17) is 0 Å². The quantitative estimate of drug-likeness (QED) is 0.871. The van der Waals surface area contributed by atoms with Crippen LogP contribution in [-0.2, 0) is 6.54 Å². The average Bonchev–Trinajstić information content (AvgIpc) is 3.30. The first-order valence-electron chi connectivity index (χ1n) is 8.17. The second kappa shape index (κ2) is 6.85. The second-order valence-electron chi connectivity index (χ2n) is 6.61. The van der Waals surface area contributed by atoms with Crippen LogP contribution in [0.25, 0.3) is 0 Å². The van der Waals surface area contributed by atoms with Gasteiger partial charge in [0.1, 0.15) is 6.07 Å². The minimum absolute atomic E-state index is 0.691. The van der Waals surface area contributed by atoms with Gasteiger partial charge in [0.05, 0.1) is 5.56 Å². The highest BCUT2D eigenvalue weighted by Gasteiger charge is 2.22. The molecule has 0 spiro atoms. The first kappa shape index (κ1) is 14.9. The summed E-state index contributed by atoms with van der Waals surface area (Å²) in [7, 11) is 0. The van der Waals surface area contributed by atoms with Gasteiger partial charge >= 0.3 is 0 Å². The van der Waals surface area contributed by atoms with Crippen LogP contribution in [0.15, 0.2) is 23.1 Å². The zero-order valence-electron chi connectivity index (χ0n) is 12.8. The summed E-state index contributed by atoms with van der Waals surface area (Å²) in [5.41, 5.74) is 2.09. The van der Waals surface area contributed by atoms with Crippen molar-refractivity contribution in [1.82, 2.24) is 5.32 Å². The molecule has 0 radical (unpaired) electrons. The molecule has 1 aromatic rings. The summed E-state index contributed by atoms with van der Waals surface area (Å²) in [6.07, 6.45) is 7.90. The van der Waals surface area contributed by atoms with E-state index < -0.39 is 0 Å². The molecule has 2 aliphatic carbocycles. The Hall–Kier alpha value is -0.980. The van der Waals surface area contributed by atoms with E-state index in [0.717, 1.165) is 18.0 Å². The molecule has 3 heteroatoms. The molecule has 1 aromatic carbocycles. The van der Waals surface area contributed by atoms with E-state index in [2.05, 4.69) is 36.5 Å². The molecule has 2 aliphatic rings. The monoisotopic (exact) mass is 300 g/mol. The minimum atomic E-state index is 0.691. The molecule has 0 bridgehead atoms. The number of hydrogen-bond acceptors (Lipinski definition) is 3. The fraction of sp³-hybridized carbons (Fsp3) is 0.611. The molecule has 0 heterocycles. The smallest absolute Gasteiger partial charge is 0.100 e. The van der Waals surface area contributed by atoms with Gasteiger partial charge in [-0.25, -0.2) is 0 Å². The van der Waals surface area contributed by atoms with E-state index in [1.54, 1.807) is 0 Å². The van der Waals surface area contributed by atoms with Crippen LogP contribution in [0.4, 0.5) is 0 Å². The number of benzene rings is 1. The summed E-state index contributed by atoms with van der Waals surface area (Å²) in [6.45, 7) is 3.25. The van der Waals surface area contributed by atoms with Crippen LogP contribution < -0.4 is 5.32 Å². The Kier molecular flexibility index (Phi) is 4.87. The molecule has 2 unspecified atom stereocenters. The predicted molar refractivity (Wildman–Crippen MR) is 88.3 cm³/mol. The maximum absolute atomic E-state index is 9.43. The summed E-state index contributed by atoms with van der Waals surface area (Å²) in [5.74, 6) is 0.837. The highest BCUT2D eigenvalue weighted by molar-refractivity contribution is 8.00. The third kappa shape index (κ3) is 4.25. The molecule has 1 N–H and O–H groups in total. The van der Waals surface area contributed by atoms with Crippen LogP contribution >= 0.6 is 11.8 Å². The van der Waals surface area contributed by atoms with Crippen molar-refractivity contribution in [2.45, 2.75) is 68.2 Å². The fourth-order valence-electron chi connectivity index (χ4n) is 3.09. The Morgan fingerprint density at radius 2 is 2.14 bits per heavy atom. The molecular formula is C18H24N2S. The fourth-order valence-corrected chi connectivity index (χ4v) is 4.54. The third-order valence-corrected chi connectivity index (χ3v) is 5.89. The number of nitrogens with zero attached hydrogens (tertiary/aromatic N) is 1. The van der Waals surface area contributed by atoms with Crippen LogP contribution in [0.1, 0.15) is 56.6 Å². The van der Waals surface area contributed by atoms with Gasteiger partial charge in [-0.05, 0) is 49.3 Å². The average molecular weight is 300 g/mol. The van der Waals surface area contributed by atoms with Crippen LogP contribution in [0.3, 0.4) is 0 Å². The van der Waals surface area contributed by atoms with E-state index in [0.29, 0.717) is 11.3 Å². The van der Waals surface area contributed by atoms with Crippen LogP contribution in [-0.4, -0.2) is 11.3 Å². The Labute approximate surface area is 132 Å². The number of nitrogens with one attached hydrogen (secondary N) is 1. The summed E-state index contributed by atoms with van der Waals surface area (Å²) in [6, 6.07) is 9.53. The zero-order valence-corrected chi connectivity index (χ0v) is 13.6. The summed E-state index contributed by atoms with van der Waals surface area (Å²) in [5, 5.41) is 13.6. The summed E-state index contributed by atoms with van der Waals surface area (Å²) in [4.78, 5) is 1.17. The van der Waals surface area contributed by atoms with Crippen molar-refractivity contribution in [3.05, 3.63) is 29.3 Å². The number of hydrogen-bond donors (Lipinski definition) is 1. The van der Waals surface area contributed by atoms with Crippen LogP contribution in [0.2, 0.25) is 0 Å². The Balaban J connectivity index is 1.64. The van der Waals surface area contributed by atoms with Crippen molar-refractivity contribution in [2.75, 3.05) is 0 Å². The highest BCUT2D eigenvalue weighted by atomic mass is 32.2. The van der Waals surface area contributed by atoms with Crippen molar-refractivity contribution in [2.24, 2.45) is 5.92 Å². The van der Waals surface area contributed by atoms with Crippen molar-refractivity contribution < 1.29 is 0 Å². The number of rotatable bonds is 5. The molecular weight excluding hydrogens is 276 g/mol. The SMILES string of the molecule is CC1CCCC(Sc2ccc(CNC3CC3)cc2C#N)C1. The van der Waals surface area contributed by atoms with Crippen LogP contribution in [0, 0.1) is 17.2 Å². The van der Waals surface area contributed by atoms with Gasteiger partial charge in [-0.15, -0.1) is 11.8 Å². The molecule has 2 atom stereocenters. The number of thioether (sulfide) groups is 1. The molecule has 21 heavy (non-hydrogen) atoms. The molecule has 0 saturated heterocycles. The molecule has 2 nitrogen and oxygen atoms in total. The summed E-state index contributed by atoms with van der Waals surface area (Å²) < 4.78 is 0. The second-order valence-corrected chi connectivity index (χ2v) is 7.95. The van der Waals surface area contributed by atoms with E-state index in [9.17, 15) is 5.26 Å². The maximum atomic E-state index is 9.43. The van der Waals surface area contributed by atoms with E-state index in [-0.39, 0.29) is 0 Å². The standard InChI is InChI=1S/C18H24N2S/c1-13-3-2-4-17(9-13)21-18-8-5-14(10-15(18)11-19)12-20-16-6-7-16/h5,8,10,13,16-17,20H,2-4,6-7,9,12H2,1H3. The van der Waals surface area contributed by atoms with Crippen molar-refractivity contribution in [1.29, 1.82) is 5.26 Å². The van der Waals surface area contributed by atoms with Gasteiger partial charge in [0, 0.05) is 22.7 Å². The maximum Gasteiger partial charge on any atom is 0.100 e. The summed E-state index contributed by atoms with van der Waals surface area (Å²) >= 11 is 1.92. The molecule has 2 fully saturated rings. The Bertz CT molecular complexity index is 531. The lowest BCUT2D eigenvalue weighted by atomic mass is 9.91. The molecule has 112 valence electrons. The van der Waals surface area contributed by atoms with Crippen molar-refractivity contribution >= 4 is 11.8 Å². The van der Waals surface area contributed by atoms with Gasteiger partial charge in [0.25, 0.3) is 0 Å². The predicted octanol–water partition coefficient (Wildman–Crippen LogP) is 4.48. The van der Waals surface area contributed by atoms with Crippen LogP contribution in [0.5, 0.6) is 0 Å². The normalized spacial score (nSPS) is 25.5. The first-order valence-corrected chi connectivity index (χ1v) is 9.05. The van der Waals surface area contributed by atoms with Gasteiger partial charge in [-0.2, -0.15) is 5.26 Å².